The van der Waals surface area contributed by atoms with Crippen LogP contribution in [0, 0.1) is 21.7 Å². The Hall–Kier alpha value is -3.56. The molecular formula is C18H13F2NO7. The number of ether oxygens (including phenoxy) is 3. The maximum atomic E-state index is 13.3. The number of rotatable bonds is 5. The van der Waals surface area contributed by atoms with Crippen molar-refractivity contribution in [3.63, 3.8) is 0 Å². The van der Waals surface area contributed by atoms with Gasteiger partial charge >= 0.3 is 5.97 Å². The summed E-state index contributed by atoms with van der Waals surface area (Å²) in [5.41, 5.74) is -1.23. The van der Waals surface area contributed by atoms with E-state index in [0.29, 0.717) is 6.07 Å². The number of esters is 1. The van der Waals surface area contributed by atoms with E-state index in [9.17, 15) is 28.5 Å². The molecule has 0 N–H and O–H groups in total. The molecule has 8 nitrogen and oxygen atoms in total. The van der Waals surface area contributed by atoms with Gasteiger partial charge in [-0.2, -0.15) is 0 Å². The van der Waals surface area contributed by atoms with Crippen molar-refractivity contribution in [3.8, 4) is 11.5 Å². The summed E-state index contributed by atoms with van der Waals surface area (Å²) in [6.45, 7) is 1.61. The molecule has 0 bridgehead atoms. The fourth-order valence-corrected chi connectivity index (χ4v) is 2.55. The summed E-state index contributed by atoms with van der Waals surface area (Å²) < 4.78 is 41.8. The predicted octanol–water partition coefficient (Wildman–Crippen LogP) is 3.07. The normalized spacial score (nSPS) is 13.5. The Bertz CT molecular complexity index is 977. The molecule has 0 fully saturated rings. The monoisotopic (exact) mass is 393 g/mol. The minimum absolute atomic E-state index is 0.111. The Balaban J connectivity index is 1.84. The third-order valence-electron chi connectivity index (χ3n) is 3.93. The van der Waals surface area contributed by atoms with E-state index < -0.39 is 45.7 Å². The van der Waals surface area contributed by atoms with E-state index in [1.54, 1.807) is 0 Å². The van der Waals surface area contributed by atoms with Crippen molar-refractivity contribution < 1.29 is 37.5 Å². The number of halogens is 2. The van der Waals surface area contributed by atoms with Crippen LogP contribution in [-0.4, -0.2) is 36.0 Å². The summed E-state index contributed by atoms with van der Waals surface area (Å²) >= 11 is 0. The SMILES string of the molecule is C[C@H](OC(=O)c1cc2c(cc1[N+](=O)[O-])OCCO2)C(=O)c1ccc(F)c(F)c1. The lowest BCUT2D eigenvalue weighted by molar-refractivity contribution is -0.385. The third-order valence-corrected chi connectivity index (χ3v) is 3.93. The van der Waals surface area contributed by atoms with Gasteiger partial charge in [0, 0.05) is 11.6 Å². The van der Waals surface area contributed by atoms with E-state index in [2.05, 4.69) is 0 Å². The second-order valence-corrected chi connectivity index (χ2v) is 5.81. The molecule has 0 aliphatic carbocycles. The number of nitro benzene ring substituents is 1. The number of hydrogen-bond acceptors (Lipinski definition) is 7. The summed E-state index contributed by atoms with van der Waals surface area (Å²) in [4.78, 5) is 35.2. The quantitative estimate of drug-likeness (QED) is 0.333. The van der Waals surface area contributed by atoms with Gasteiger partial charge in [0.1, 0.15) is 18.8 Å². The molecule has 2 aromatic rings. The van der Waals surface area contributed by atoms with Crippen molar-refractivity contribution in [2.75, 3.05) is 13.2 Å². The summed E-state index contributed by atoms with van der Waals surface area (Å²) in [7, 11) is 0. The number of benzene rings is 2. The van der Waals surface area contributed by atoms with Gasteiger partial charge in [-0.1, -0.05) is 0 Å². The maximum Gasteiger partial charge on any atom is 0.346 e. The van der Waals surface area contributed by atoms with Gasteiger partial charge in [0.15, 0.2) is 29.2 Å². The maximum absolute atomic E-state index is 13.3. The molecular weight excluding hydrogens is 380 g/mol. The van der Waals surface area contributed by atoms with Crippen molar-refractivity contribution >= 4 is 17.4 Å². The molecule has 0 amide bonds. The van der Waals surface area contributed by atoms with Crippen molar-refractivity contribution in [3.05, 3.63) is 63.2 Å². The largest absolute Gasteiger partial charge is 0.486 e. The summed E-state index contributed by atoms with van der Waals surface area (Å²) in [6, 6.07) is 4.62. The fourth-order valence-electron chi connectivity index (χ4n) is 2.55. The van der Waals surface area contributed by atoms with Crippen LogP contribution >= 0.6 is 0 Å². The molecule has 1 aliphatic heterocycles. The minimum Gasteiger partial charge on any atom is -0.486 e. The molecule has 1 heterocycles. The second-order valence-electron chi connectivity index (χ2n) is 5.81. The first-order valence-corrected chi connectivity index (χ1v) is 8.06. The molecule has 1 atom stereocenters. The standard InChI is InChI=1S/C18H13F2NO7/c1-9(17(22)10-2-3-12(19)13(20)6-10)28-18(23)11-7-15-16(27-5-4-26-15)8-14(11)21(24)25/h2-3,6-9H,4-5H2,1H3/t9-/m0/s1. The first kappa shape index (κ1) is 19.2. The van der Waals surface area contributed by atoms with Gasteiger partial charge in [0.25, 0.3) is 5.69 Å². The van der Waals surface area contributed by atoms with Gasteiger partial charge in [-0.15, -0.1) is 0 Å². The van der Waals surface area contributed by atoms with Crippen LogP contribution in [0.4, 0.5) is 14.5 Å². The molecule has 0 saturated heterocycles. The van der Waals surface area contributed by atoms with Gasteiger partial charge in [-0.3, -0.25) is 14.9 Å². The smallest absolute Gasteiger partial charge is 0.346 e. The molecule has 0 unspecified atom stereocenters. The fraction of sp³-hybridized carbons (Fsp3) is 0.222. The molecule has 2 aromatic carbocycles. The van der Waals surface area contributed by atoms with E-state index in [1.165, 1.54) is 6.92 Å². The van der Waals surface area contributed by atoms with Crippen LogP contribution in [0.2, 0.25) is 0 Å². The van der Waals surface area contributed by atoms with Crippen LogP contribution in [-0.2, 0) is 4.74 Å². The molecule has 28 heavy (non-hydrogen) atoms. The lowest BCUT2D eigenvalue weighted by atomic mass is 10.1. The first-order chi connectivity index (χ1) is 13.3. The van der Waals surface area contributed by atoms with Crippen LogP contribution in [0.1, 0.15) is 27.6 Å². The van der Waals surface area contributed by atoms with Crippen LogP contribution in [0.5, 0.6) is 11.5 Å². The second kappa shape index (κ2) is 7.59. The Morgan fingerprint density at radius 2 is 1.75 bits per heavy atom. The number of ketones is 1. The minimum atomic E-state index is -1.40. The third kappa shape index (κ3) is 3.75. The van der Waals surface area contributed by atoms with Gasteiger partial charge in [0.05, 0.1) is 11.0 Å². The van der Waals surface area contributed by atoms with Crippen molar-refractivity contribution in [2.45, 2.75) is 13.0 Å². The van der Waals surface area contributed by atoms with Crippen molar-refractivity contribution in [1.82, 2.24) is 0 Å². The Kier molecular flexibility index (Phi) is 5.21. The molecule has 10 heteroatoms. The highest BCUT2D eigenvalue weighted by Gasteiger charge is 2.30. The average molecular weight is 393 g/mol. The van der Waals surface area contributed by atoms with Gasteiger partial charge < -0.3 is 14.2 Å². The predicted molar refractivity (Wildman–Crippen MR) is 89.7 cm³/mol. The zero-order valence-corrected chi connectivity index (χ0v) is 14.4. The number of nitrogens with zero attached hydrogens (tertiary/aromatic N) is 1. The molecule has 0 aromatic heterocycles. The van der Waals surface area contributed by atoms with Crippen molar-refractivity contribution in [1.29, 1.82) is 0 Å². The van der Waals surface area contributed by atoms with E-state index in [4.69, 9.17) is 14.2 Å². The zero-order chi connectivity index (χ0) is 20.4. The number of carbonyl (C=O) groups is 2. The number of carbonyl (C=O) groups excluding carboxylic acids is 2. The average Bonchev–Trinajstić information content (AvgIpc) is 2.68. The highest BCUT2D eigenvalue weighted by Crippen LogP contribution is 2.37. The van der Waals surface area contributed by atoms with Crippen LogP contribution in [0.3, 0.4) is 0 Å². The number of Topliss-reactive ketones (excluding diaryl/α,β-unsaturated/α-hetero) is 1. The number of hydrogen-bond donors (Lipinski definition) is 0. The Morgan fingerprint density at radius 3 is 2.36 bits per heavy atom. The first-order valence-electron chi connectivity index (χ1n) is 8.06. The lowest BCUT2D eigenvalue weighted by Gasteiger charge is -2.19. The van der Waals surface area contributed by atoms with E-state index in [0.717, 1.165) is 24.3 Å². The van der Waals surface area contributed by atoms with Crippen molar-refractivity contribution in [2.24, 2.45) is 0 Å². The molecule has 1 aliphatic rings. The van der Waals surface area contributed by atoms with E-state index in [-0.39, 0.29) is 30.3 Å². The zero-order valence-electron chi connectivity index (χ0n) is 14.4. The molecule has 0 spiro atoms. The van der Waals surface area contributed by atoms with E-state index in [1.807, 2.05) is 0 Å². The Labute approximate surface area is 156 Å². The van der Waals surface area contributed by atoms with Crippen LogP contribution in [0.15, 0.2) is 30.3 Å². The highest BCUT2D eigenvalue weighted by atomic mass is 19.2. The highest BCUT2D eigenvalue weighted by molar-refractivity contribution is 6.02. The van der Waals surface area contributed by atoms with E-state index >= 15 is 0 Å². The van der Waals surface area contributed by atoms with Crippen LogP contribution < -0.4 is 9.47 Å². The summed E-state index contributed by atoms with van der Waals surface area (Å²) in [5.74, 6) is -4.07. The number of nitro groups is 1. The Morgan fingerprint density at radius 1 is 1.11 bits per heavy atom. The number of fused-ring (bicyclic) bond motifs is 1. The summed E-state index contributed by atoms with van der Waals surface area (Å²) in [5, 5.41) is 11.3. The molecule has 146 valence electrons. The van der Waals surface area contributed by atoms with Gasteiger partial charge in [-0.05, 0) is 25.1 Å². The topological polar surface area (TPSA) is 105 Å². The lowest BCUT2D eigenvalue weighted by Crippen LogP contribution is -2.25. The van der Waals surface area contributed by atoms with Crippen LogP contribution in [0.25, 0.3) is 0 Å². The molecule has 0 radical (unpaired) electrons. The summed E-state index contributed by atoms with van der Waals surface area (Å²) in [6.07, 6.45) is -1.40. The molecule has 0 saturated carbocycles. The van der Waals surface area contributed by atoms with Gasteiger partial charge in [-0.25, -0.2) is 13.6 Å². The van der Waals surface area contributed by atoms with Gasteiger partial charge in [0.2, 0.25) is 5.78 Å². The molecule has 3 rings (SSSR count).